The molecule has 0 bridgehead atoms. The Morgan fingerprint density at radius 1 is 1.14 bits per heavy atom. The van der Waals surface area contributed by atoms with E-state index >= 15 is 0 Å². The summed E-state index contributed by atoms with van der Waals surface area (Å²) in [6.45, 7) is 6.06. The highest BCUT2D eigenvalue weighted by Gasteiger charge is 2.15. The van der Waals surface area contributed by atoms with Crippen molar-refractivity contribution in [3.63, 3.8) is 0 Å². The number of amides is 1. The van der Waals surface area contributed by atoms with Gasteiger partial charge in [-0.1, -0.05) is 30.3 Å². The predicted octanol–water partition coefficient (Wildman–Crippen LogP) is 3.94. The summed E-state index contributed by atoms with van der Waals surface area (Å²) >= 11 is 1.70. The van der Waals surface area contributed by atoms with Gasteiger partial charge in [-0.15, -0.1) is 11.3 Å². The van der Waals surface area contributed by atoms with Crippen LogP contribution in [0.2, 0.25) is 0 Å². The third-order valence-corrected chi connectivity index (χ3v) is 3.71. The largest absolute Gasteiger partial charge is 0.443 e. The Balaban J connectivity index is 1.83. The van der Waals surface area contributed by atoms with E-state index in [0.29, 0.717) is 6.54 Å². The van der Waals surface area contributed by atoms with Crippen LogP contribution in [-0.2, 0) is 11.3 Å². The summed E-state index contributed by atoms with van der Waals surface area (Å²) < 4.78 is 5.14. The lowest BCUT2D eigenvalue weighted by Gasteiger charge is -2.19. The molecule has 0 aliphatic rings. The molecule has 21 heavy (non-hydrogen) atoms. The summed E-state index contributed by atoms with van der Waals surface area (Å²) in [6.07, 6.45) is -0.470. The molecule has 1 amide bonds. The molecular weight excluding hydrogens is 284 g/mol. The van der Waals surface area contributed by atoms with E-state index in [4.69, 9.17) is 4.74 Å². The zero-order valence-corrected chi connectivity index (χ0v) is 13.3. The molecule has 0 saturated carbocycles. The number of carbonyl (C=O) groups excluding carboxylic acids is 1. The Labute approximate surface area is 129 Å². The Bertz CT molecular complexity index is 588. The van der Waals surface area contributed by atoms with Crippen molar-refractivity contribution >= 4 is 17.4 Å². The van der Waals surface area contributed by atoms with Gasteiger partial charge in [-0.05, 0) is 38.5 Å². The number of hydrogen-bond acceptors (Lipinski definition) is 4. The molecule has 1 aromatic carbocycles. The Hall–Kier alpha value is -1.85. The molecule has 0 unspecified atom stereocenters. The quantitative estimate of drug-likeness (QED) is 0.841. The predicted molar refractivity (Wildman–Crippen MR) is 86.0 cm³/mol. The van der Waals surface area contributed by atoms with E-state index in [2.05, 4.69) is 35.1 Å². The van der Waals surface area contributed by atoms with E-state index in [1.807, 2.05) is 39.0 Å². The van der Waals surface area contributed by atoms with Crippen LogP contribution in [0.5, 0.6) is 0 Å². The second kappa shape index (κ2) is 6.74. The average Bonchev–Trinajstić information content (AvgIpc) is 2.86. The highest BCUT2D eigenvalue weighted by atomic mass is 32.1. The number of benzene rings is 1. The minimum atomic E-state index is -0.491. The zero-order valence-electron chi connectivity index (χ0n) is 12.5. The molecule has 0 aliphatic heterocycles. The number of thiophene rings is 1. The molecule has 0 radical (unpaired) electrons. The molecule has 2 aromatic rings. The van der Waals surface area contributed by atoms with Crippen LogP contribution in [0.25, 0.3) is 10.4 Å². The van der Waals surface area contributed by atoms with Crippen LogP contribution in [0.1, 0.15) is 25.6 Å². The van der Waals surface area contributed by atoms with Crippen molar-refractivity contribution in [2.45, 2.75) is 32.9 Å². The SMILES string of the molecule is CC(C)(C)OC(=O)NNCc1ccc(-c2ccccc2)s1. The molecule has 2 rings (SSSR count). The molecule has 1 heterocycles. The summed E-state index contributed by atoms with van der Waals surface area (Å²) in [7, 11) is 0. The Morgan fingerprint density at radius 3 is 2.52 bits per heavy atom. The third kappa shape index (κ3) is 5.21. The van der Waals surface area contributed by atoms with Crippen molar-refractivity contribution in [1.82, 2.24) is 10.9 Å². The van der Waals surface area contributed by atoms with Gasteiger partial charge in [0.05, 0.1) is 0 Å². The van der Waals surface area contributed by atoms with Crippen molar-refractivity contribution in [3.05, 3.63) is 47.3 Å². The summed E-state index contributed by atoms with van der Waals surface area (Å²) in [5.41, 5.74) is 6.12. The van der Waals surface area contributed by atoms with Gasteiger partial charge in [0.15, 0.2) is 0 Å². The number of hydrazine groups is 1. The van der Waals surface area contributed by atoms with Crippen LogP contribution in [0.3, 0.4) is 0 Å². The maximum absolute atomic E-state index is 11.5. The lowest BCUT2D eigenvalue weighted by Crippen LogP contribution is -2.40. The van der Waals surface area contributed by atoms with Crippen molar-refractivity contribution in [2.24, 2.45) is 0 Å². The number of ether oxygens (including phenoxy) is 1. The normalized spacial score (nSPS) is 11.2. The fraction of sp³-hybridized carbons (Fsp3) is 0.312. The molecule has 0 spiro atoms. The van der Waals surface area contributed by atoms with Gasteiger partial charge in [-0.2, -0.15) is 0 Å². The zero-order chi connectivity index (χ0) is 15.3. The van der Waals surface area contributed by atoms with Crippen molar-refractivity contribution < 1.29 is 9.53 Å². The smallest absolute Gasteiger partial charge is 0.422 e. The van der Waals surface area contributed by atoms with Gasteiger partial charge in [-0.25, -0.2) is 10.2 Å². The summed E-state index contributed by atoms with van der Waals surface area (Å²) in [5.74, 6) is 0. The molecule has 0 saturated heterocycles. The van der Waals surface area contributed by atoms with Crippen LogP contribution >= 0.6 is 11.3 Å². The molecule has 1 aromatic heterocycles. The number of nitrogens with one attached hydrogen (secondary N) is 2. The summed E-state index contributed by atoms with van der Waals surface area (Å²) in [4.78, 5) is 13.8. The first kappa shape index (κ1) is 15.5. The van der Waals surface area contributed by atoms with Crippen LogP contribution < -0.4 is 10.9 Å². The second-order valence-corrected chi connectivity index (χ2v) is 6.78. The molecule has 0 aliphatic carbocycles. The van der Waals surface area contributed by atoms with Crippen molar-refractivity contribution in [3.8, 4) is 10.4 Å². The lowest BCUT2D eigenvalue weighted by atomic mass is 10.2. The number of hydrogen-bond donors (Lipinski definition) is 2. The van der Waals surface area contributed by atoms with E-state index in [1.165, 1.54) is 10.4 Å². The van der Waals surface area contributed by atoms with Gasteiger partial charge in [-0.3, -0.25) is 5.43 Å². The maximum Gasteiger partial charge on any atom is 0.422 e. The first-order chi connectivity index (χ1) is 9.94. The van der Waals surface area contributed by atoms with Crippen LogP contribution in [0.15, 0.2) is 42.5 Å². The van der Waals surface area contributed by atoms with Gasteiger partial charge in [0.1, 0.15) is 5.60 Å². The molecule has 2 N–H and O–H groups in total. The number of carbonyl (C=O) groups is 1. The third-order valence-electron chi connectivity index (χ3n) is 2.57. The van der Waals surface area contributed by atoms with Crippen LogP contribution in [0.4, 0.5) is 4.79 Å². The van der Waals surface area contributed by atoms with E-state index in [9.17, 15) is 4.79 Å². The standard InChI is InChI=1S/C16H20N2O2S/c1-16(2,3)20-15(19)18-17-11-13-9-10-14(21-13)12-7-5-4-6-8-12/h4-10,17H,11H2,1-3H3,(H,18,19). The Kier molecular flexibility index (Phi) is 4.98. The monoisotopic (exact) mass is 304 g/mol. The molecule has 4 nitrogen and oxygen atoms in total. The van der Waals surface area contributed by atoms with Crippen molar-refractivity contribution in [2.75, 3.05) is 0 Å². The first-order valence-corrected chi connectivity index (χ1v) is 7.62. The van der Waals surface area contributed by atoms with Crippen molar-refractivity contribution in [1.29, 1.82) is 0 Å². The minimum absolute atomic E-state index is 0.470. The van der Waals surface area contributed by atoms with Gasteiger partial charge >= 0.3 is 6.09 Å². The number of rotatable bonds is 4. The summed E-state index contributed by atoms with van der Waals surface area (Å²) in [6, 6.07) is 14.4. The van der Waals surface area contributed by atoms with E-state index < -0.39 is 11.7 Å². The molecule has 5 heteroatoms. The van der Waals surface area contributed by atoms with Gasteiger partial charge in [0.25, 0.3) is 0 Å². The highest BCUT2D eigenvalue weighted by molar-refractivity contribution is 7.15. The first-order valence-electron chi connectivity index (χ1n) is 6.80. The molecular formula is C16H20N2O2S. The van der Waals surface area contributed by atoms with E-state index in [-0.39, 0.29) is 0 Å². The van der Waals surface area contributed by atoms with Gasteiger partial charge in [0, 0.05) is 16.3 Å². The van der Waals surface area contributed by atoms with Gasteiger partial charge < -0.3 is 4.74 Å². The van der Waals surface area contributed by atoms with Gasteiger partial charge in [0.2, 0.25) is 0 Å². The van der Waals surface area contributed by atoms with E-state index in [0.717, 1.165) is 4.88 Å². The molecule has 0 fully saturated rings. The molecule has 112 valence electrons. The molecule has 0 atom stereocenters. The second-order valence-electron chi connectivity index (χ2n) is 5.61. The minimum Gasteiger partial charge on any atom is -0.443 e. The average molecular weight is 304 g/mol. The van der Waals surface area contributed by atoms with E-state index in [1.54, 1.807) is 11.3 Å². The fourth-order valence-electron chi connectivity index (χ4n) is 1.74. The highest BCUT2D eigenvalue weighted by Crippen LogP contribution is 2.27. The Morgan fingerprint density at radius 2 is 1.86 bits per heavy atom. The van der Waals surface area contributed by atoms with Crippen LogP contribution in [-0.4, -0.2) is 11.7 Å². The maximum atomic E-state index is 11.5. The fourth-order valence-corrected chi connectivity index (χ4v) is 2.69. The lowest BCUT2D eigenvalue weighted by molar-refractivity contribution is 0.0497. The topological polar surface area (TPSA) is 50.4 Å². The summed E-state index contributed by atoms with van der Waals surface area (Å²) in [5, 5.41) is 0. The van der Waals surface area contributed by atoms with Crippen LogP contribution in [0, 0.1) is 0 Å².